The van der Waals surface area contributed by atoms with Crippen LogP contribution in [0, 0.1) is 20.8 Å². The van der Waals surface area contributed by atoms with Crippen molar-refractivity contribution in [3.8, 4) is 0 Å². The van der Waals surface area contributed by atoms with E-state index < -0.39 is 11.9 Å². The van der Waals surface area contributed by atoms with Crippen LogP contribution in [0.5, 0.6) is 0 Å². The van der Waals surface area contributed by atoms with Gasteiger partial charge in [0.25, 0.3) is 0 Å². The molecule has 86 valence electrons. The summed E-state index contributed by atoms with van der Waals surface area (Å²) in [5, 5.41) is 2.52. The quantitative estimate of drug-likeness (QED) is 0.580. The molecule has 4 heteroatoms. The molecule has 0 fully saturated rings. The van der Waals surface area contributed by atoms with E-state index in [1.807, 2.05) is 26.8 Å². The van der Waals surface area contributed by atoms with Crippen molar-refractivity contribution in [1.29, 1.82) is 0 Å². The van der Waals surface area contributed by atoms with Gasteiger partial charge in [0, 0.05) is 5.69 Å². The minimum atomic E-state index is -0.891. The van der Waals surface area contributed by atoms with E-state index in [0.29, 0.717) is 5.69 Å². The largest absolute Gasteiger partial charge is 0.462 e. The summed E-state index contributed by atoms with van der Waals surface area (Å²) >= 11 is 0. The van der Waals surface area contributed by atoms with E-state index in [1.54, 1.807) is 6.07 Å². The Kier molecular flexibility index (Phi) is 3.66. The van der Waals surface area contributed by atoms with Crippen LogP contribution < -0.4 is 5.32 Å². The molecular formula is C12H15NO3. The number of rotatable bonds is 1. The van der Waals surface area contributed by atoms with Gasteiger partial charge >= 0.3 is 11.9 Å². The Morgan fingerprint density at radius 1 is 1.12 bits per heavy atom. The van der Waals surface area contributed by atoms with Crippen molar-refractivity contribution in [2.75, 3.05) is 12.4 Å². The molecule has 1 aromatic rings. The summed E-state index contributed by atoms with van der Waals surface area (Å²) in [4.78, 5) is 22.3. The summed E-state index contributed by atoms with van der Waals surface area (Å²) < 4.78 is 4.33. The number of ether oxygens (including phenoxy) is 1. The van der Waals surface area contributed by atoms with E-state index in [2.05, 4.69) is 10.1 Å². The topological polar surface area (TPSA) is 55.4 Å². The van der Waals surface area contributed by atoms with Crippen molar-refractivity contribution in [1.82, 2.24) is 0 Å². The van der Waals surface area contributed by atoms with E-state index in [4.69, 9.17) is 0 Å². The van der Waals surface area contributed by atoms with Crippen LogP contribution >= 0.6 is 0 Å². The van der Waals surface area contributed by atoms with Gasteiger partial charge in [0.1, 0.15) is 0 Å². The average Bonchev–Trinajstić information content (AvgIpc) is 2.28. The number of benzene rings is 1. The predicted molar refractivity (Wildman–Crippen MR) is 61.3 cm³/mol. The third-order valence-corrected chi connectivity index (χ3v) is 2.68. The Morgan fingerprint density at radius 2 is 1.75 bits per heavy atom. The van der Waals surface area contributed by atoms with E-state index in [0.717, 1.165) is 16.7 Å². The molecule has 16 heavy (non-hydrogen) atoms. The van der Waals surface area contributed by atoms with Gasteiger partial charge in [0.05, 0.1) is 7.11 Å². The van der Waals surface area contributed by atoms with E-state index in [1.165, 1.54) is 7.11 Å². The van der Waals surface area contributed by atoms with Crippen molar-refractivity contribution < 1.29 is 14.3 Å². The zero-order valence-corrected chi connectivity index (χ0v) is 9.88. The summed E-state index contributed by atoms with van der Waals surface area (Å²) in [6.07, 6.45) is 0. The van der Waals surface area contributed by atoms with Gasteiger partial charge in [-0.05, 0) is 43.5 Å². The first-order chi connectivity index (χ1) is 7.47. The number of carbonyl (C=O) groups is 2. The standard InChI is InChI=1S/C12H15NO3/c1-7-5-6-10(9(3)8(7)2)13-11(14)12(15)16-4/h5-6H,1-4H3,(H,13,14). The lowest BCUT2D eigenvalue weighted by Gasteiger charge is -2.11. The molecule has 0 aromatic heterocycles. The number of hydrogen-bond donors (Lipinski definition) is 1. The second-order valence-corrected chi connectivity index (χ2v) is 3.63. The molecule has 0 aliphatic carbocycles. The maximum absolute atomic E-state index is 11.3. The first-order valence-electron chi connectivity index (χ1n) is 4.93. The lowest BCUT2D eigenvalue weighted by molar-refractivity contribution is -0.150. The highest BCUT2D eigenvalue weighted by Gasteiger charge is 2.15. The van der Waals surface area contributed by atoms with Crippen LogP contribution in [0.25, 0.3) is 0 Å². The molecule has 0 heterocycles. The summed E-state index contributed by atoms with van der Waals surface area (Å²) in [7, 11) is 1.18. The minimum Gasteiger partial charge on any atom is -0.462 e. The number of esters is 1. The fraction of sp³-hybridized carbons (Fsp3) is 0.333. The third-order valence-electron chi connectivity index (χ3n) is 2.68. The molecule has 0 aliphatic heterocycles. The highest BCUT2D eigenvalue weighted by atomic mass is 16.5. The second-order valence-electron chi connectivity index (χ2n) is 3.63. The smallest absolute Gasteiger partial charge is 0.396 e. The molecule has 0 unspecified atom stereocenters. The van der Waals surface area contributed by atoms with Gasteiger partial charge in [-0.1, -0.05) is 6.07 Å². The van der Waals surface area contributed by atoms with Gasteiger partial charge < -0.3 is 10.1 Å². The molecular weight excluding hydrogens is 206 g/mol. The van der Waals surface area contributed by atoms with Crippen LogP contribution in [-0.4, -0.2) is 19.0 Å². The zero-order valence-electron chi connectivity index (χ0n) is 9.88. The Morgan fingerprint density at radius 3 is 2.31 bits per heavy atom. The number of anilines is 1. The van der Waals surface area contributed by atoms with Crippen molar-refractivity contribution >= 4 is 17.6 Å². The molecule has 1 rings (SSSR count). The number of methoxy groups -OCH3 is 1. The minimum absolute atomic E-state index is 0.638. The number of amides is 1. The van der Waals surface area contributed by atoms with Gasteiger partial charge in [0.15, 0.2) is 0 Å². The van der Waals surface area contributed by atoms with Crippen LogP contribution in [-0.2, 0) is 14.3 Å². The van der Waals surface area contributed by atoms with Crippen LogP contribution in [0.2, 0.25) is 0 Å². The number of carbonyl (C=O) groups excluding carboxylic acids is 2. The van der Waals surface area contributed by atoms with E-state index in [-0.39, 0.29) is 0 Å². The lowest BCUT2D eigenvalue weighted by Crippen LogP contribution is -2.24. The van der Waals surface area contributed by atoms with Crippen molar-refractivity contribution in [2.24, 2.45) is 0 Å². The van der Waals surface area contributed by atoms with Gasteiger partial charge in [-0.25, -0.2) is 4.79 Å². The number of aryl methyl sites for hydroxylation is 1. The molecule has 1 N–H and O–H groups in total. The fourth-order valence-electron chi connectivity index (χ4n) is 1.36. The molecule has 1 aromatic carbocycles. The van der Waals surface area contributed by atoms with Crippen molar-refractivity contribution in [2.45, 2.75) is 20.8 Å². The maximum Gasteiger partial charge on any atom is 0.396 e. The second kappa shape index (κ2) is 4.79. The monoisotopic (exact) mass is 221 g/mol. The first kappa shape index (κ1) is 12.2. The fourth-order valence-corrected chi connectivity index (χ4v) is 1.36. The van der Waals surface area contributed by atoms with E-state index >= 15 is 0 Å². The van der Waals surface area contributed by atoms with Crippen LogP contribution in [0.15, 0.2) is 12.1 Å². The van der Waals surface area contributed by atoms with Gasteiger partial charge in [-0.15, -0.1) is 0 Å². The maximum atomic E-state index is 11.3. The first-order valence-corrected chi connectivity index (χ1v) is 4.93. The molecule has 0 aliphatic rings. The van der Waals surface area contributed by atoms with Gasteiger partial charge in [-0.2, -0.15) is 0 Å². The van der Waals surface area contributed by atoms with Crippen LogP contribution in [0.1, 0.15) is 16.7 Å². The molecule has 0 atom stereocenters. The van der Waals surface area contributed by atoms with Gasteiger partial charge in [0.2, 0.25) is 0 Å². The molecule has 0 saturated carbocycles. The zero-order chi connectivity index (χ0) is 12.3. The predicted octanol–water partition coefficient (Wildman–Crippen LogP) is 1.72. The average molecular weight is 221 g/mol. The summed E-state index contributed by atoms with van der Waals surface area (Å²) in [6.45, 7) is 5.86. The van der Waals surface area contributed by atoms with Gasteiger partial charge in [-0.3, -0.25) is 4.79 Å². The van der Waals surface area contributed by atoms with Crippen molar-refractivity contribution in [3.63, 3.8) is 0 Å². The van der Waals surface area contributed by atoms with Crippen molar-refractivity contribution in [3.05, 3.63) is 28.8 Å². The van der Waals surface area contributed by atoms with E-state index in [9.17, 15) is 9.59 Å². The Balaban J connectivity index is 2.95. The SMILES string of the molecule is COC(=O)C(=O)Nc1ccc(C)c(C)c1C. The normalized spacial score (nSPS) is 9.75. The summed E-state index contributed by atoms with van der Waals surface area (Å²) in [5.41, 5.74) is 3.84. The molecule has 0 saturated heterocycles. The Labute approximate surface area is 94.6 Å². The lowest BCUT2D eigenvalue weighted by atomic mass is 10.0. The summed E-state index contributed by atoms with van der Waals surface area (Å²) in [5.74, 6) is -1.65. The molecule has 1 amide bonds. The molecule has 4 nitrogen and oxygen atoms in total. The Hall–Kier alpha value is -1.84. The number of hydrogen-bond acceptors (Lipinski definition) is 3. The number of nitrogens with one attached hydrogen (secondary N) is 1. The molecule has 0 radical (unpaired) electrons. The summed E-state index contributed by atoms with van der Waals surface area (Å²) in [6, 6.07) is 3.67. The van der Waals surface area contributed by atoms with Crippen LogP contribution in [0.4, 0.5) is 5.69 Å². The highest BCUT2D eigenvalue weighted by molar-refractivity contribution is 6.37. The third kappa shape index (κ3) is 2.39. The molecule has 0 bridgehead atoms. The molecule has 0 spiro atoms. The van der Waals surface area contributed by atoms with Crippen LogP contribution in [0.3, 0.4) is 0 Å². The highest BCUT2D eigenvalue weighted by Crippen LogP contribution is 2.21. The Bertz CT molecular complexity index is 438.